The molecular formula is C11H15NO2. The van der Waals surface area contributed by atoms with Gasteiger partial charge in [-0.05, 0) is 42.9 Å². The molecule has 0 fully saturated rings. The number of hydrogen-bond donors (Lipinski definition) is 2. The van der Waals surface area contributed by atoms with Crippen LogP contribution in [-0.4, -0.2) is 12.2 Å². The molecular weight excluding hydrogens is 178 g/mol. The smallest absolute Gasteiger partial charge is 0.181 e. The first-order valence-corrected chi connectivity index (χ1v) is 4.91. The molecule has 0 unspecified atom stereocenters. The number of aromatic hydroxyl groups is 1. The average molecular weight is 193 g/mol. The predicted octanol–water partition coefficient (Wildman–Crippen LogP) is 1.86. The van der Waals surface area contributed by atoms with Crippen LogP contribution in [0.1, 0.15) is 24.0 Å². The number of aryl methyl sites for hydroxylation is 1. The maximum Gasteiger partial charge on any atom is 0.181 e. The lowest BCUT2D eigenvalue weighted by atomic mass is 9.90. The van der Waals surface area contributed by atoms with E-state index in [1.807, 2.05) is 6.07 Å². The van der Waals surface area contributed by atoms with Gasteiger partial charge in [0.1, 0.15) is 0 Å². The molecule has 0 bridgehead atoms. The van der Waals surface area contributed by atoms with Gasteiger partial charge < -0.3 is 15.6 Å². The summed E-state index contributed by atoms with van der Waals surface area (Å²) in [7, 11) is 1.55. The number of anilines is 1. The average Bonchev–Trinajstić information content (AvgIpc) is 2.23. The minimum absolute atomic E-state index is 0.0909. The van der Waals surface area contributed by atoms with Gasteiger partial charge >= 0.3 is 0 Å². The summed E-state index contributed by atoms with van der Waals surface area (Å²) in [6.07, 6.45) is 4.36. The molecule has 3 N–H and O–H groups in total. The molecule has 0 heterocycles. The number of ether oxygens (including phenoxy) is 1. The van der Waals surface area contributed by atoms with Crippen LogP contribution in [0.5, 0.6) is 11.5 Å². The maximum absolute atomic E-state index is 9.70. The highest BCUT2D eigenvalue weighted by Gasteiger charge is 2.18. The van der Waals surface area contributed by atoms with Crippen molar-refractivity contribution in [1.82, 2.24) is 0 Å². The molecule has 0 amide bonds. The van der Waals surface area contributed by atoms with Crippen molar-refractivity contribution in [3.63, 3.8) is 0 Å². The first kappa shape index (κ1) is 9.19. The topological polar surface area (TPSA) is 55.5 Å². The number of phenols is 1. The van der Waals surface area contributed by atoms with Crippen molar-refractivity contribution >= 4 is 5.69 Å². The first-order valence-electron chi connectivity index (χ1n) is 4.91. The molecule has 3 nitrogen and oxygen atoms in total. The fraction of sp³-hybridized carbons (Fsp3) is 0.455. The van der Waals surface area contributed by atoms with Crippen LogP contribution in [0.4, 0.5) is 5.69 Å². The van der Waals surface area contributed by atoms with Gasteiger partial charge in [0.15, 0.2) is 11.5 Å². The highest BCUT2D eigenvalue weighted by Crippen LogP contribution is 2.39. The van der Waals surface area contributed by atoms with Gasteiger partial charge in [-0.15, -0.1) is 0 Å². The van der Waals surface area contributed by atoms with Crippen LogP contribution in [0.2, 0.25) is 0 Å². The number of nitrogens with two attached hydrogens (primary N) is 1. The summed E-state index contributed by atoms with van der Waals surface area (Å²) in [5.41, 5.74) is 8.68. The molecule has 1 aromatic carbocycles. The van der Waals surface area contributed by atoms with Crippen molar-refractivity contribution in [3.8, 4) is 11.5 Å². The SMILES string of the molecule is COc1cc2c(c(N)c1O)CCCC2. The lowest BCUT2D eigenvalue weighted by Crippen LogP contribution is -2.07. The highest BCUT2D eigenvalue weighted by molar-refractivity contribution is 5.67. The summed E-state index contributed by atoms with van der Waals surface area (Å²) >= 11 is 0. The summed E-state index contributed by atoms with van der Waals surface area (Å²) in [5, 5.41) is 9.70. The van der Waals surface area contributed by atoms with E-state index in [9.17, 15) is 5.11 Å². The van der Waals surface area contributed by atoms with E-state index in [1.165, 1.54) is 12.0 Å². The molecule has 0 saturated carbocycles. The van der Waals surface area contributed by atoms with Crippen molar-refractivity contribution < 1.29 is 9.84 Å². The number of rotatable bonds is 1. The van der Waals surface area contributed by atoms with Crippen LogP contribution in [0.15, 0.2) is 6.07 Å². The Hall–Kier alpha value is -1.38. The maximum atomic E-state index is 9.70. The van der Waals surface area contributed by atoms with Crippen LogP contribution < -0.4 is 10.5 Å². The zero-order chi connectivity index (χ0) is 10.1. The fourth-order valence-electron chi connectivity index (χ4n) is 2.05. The van der Waals surface area contributed by atoms with Crippen LogP contribution in [-0.2, 0) is 12.8 Å². The molecule has 1 aliphatic carbocycles. The number of hydrogen-bond acceptors (Lipinski definition) is 3. The molecule has 3 heteroatoms. The van der Waals surface area contributed by atoms with E-state index in [-0.39, 0.29) is 5.75 Å². The van der Waals surface area contributed by atoms with Gasteiger partial charge in [0.2, 0.25) is 0 Å². The van der Waals surface area contributed by atoms with Gasteiger partial charge in [-0.25, -0.2) is 0 Å². The van der Waals surface area contributed by atoms with Crippen molar-refractivity contribution in [1.29, 1.82) is 0 Å². The molecule has 0 aromatic heterocycles. The van der Waals surface area contributed by atoms with Gasteiger partial charge in [0.05, 0.1) is 12.8 Å². The summed E-state index contributed by atoms with van der Waals surface area (Å²) in [5.74, 6) is 0.580. The summed E-state index contributed by atoms with van der Waals surface area (Å²) in [6.45, 7) is 0. The zero-order valence-corrected chi connectivity index (χ0v) is 8.34. The van der Waals surface area contributed by atoms with E-state index >= 15 is 0 Å². The fourth-order valence-corrected chi connectivity index (χ4v) is 2.05. The minimum atomic E-state index is 0.0909. The Morgan fingerprint density at radius 3 is 2.79 bits per heavy atom. The Bertz CT molecular complexity index is 361. The Morgan fingerprint density at radius 1 is 1.36 bits per heavy atom. The Labute approximate surface area is 83.5 Å². The van der Waals surface area contributed by atoms with E-state index in [2.05, 4.69) is 0 Å². The molecule has 76 valence electrons. The Morgan fingerprint density at radius 2 is 2.07 bits per heavy atom. The zero-order valence-electron chi connectivity index (χ0n) is 8.34. The van der Waals surface area contributed by atoms with E-state index in [0.29, 0.717) is 11.4 Å². The van der Waals surface area contributed by atoms with Crippen molar-refractivity contribution in [2.75, 3.05) is 12.8 Å². The van der Waals surface area contributed by atoms with Crippen LogP contribution >= 0.6 is 0 Å². The molecule has 2 rings (SSSR count). The van der Waals surface area contributed by atoms with Gasteiger partial charge in [-0.3, -0.25) is 0 Å². The summed E-state index contributed by atoms with van der Waals surface area (Å²) < 4.78 is 5.06. The molecule has 0 atom stereocenters. The van der Waals surface area contributed by atoms with E-state index in [1.54, 1.807) is 7.11 Å². The van der Waals surface area contributed by atoms with Crippen LogP contribution in [0, 0.1) is 0 Å². The number of fused-ring (bicyclic) bond motifs is 1. The summed E-state index contributed by atoms with van der Waals surface area (Å²) in [6, 6.07) is 1.90. The minimum Gasteiger partial charge on any atom is -0.503 e. The monoisotopic (exact) mass is 193 g/mol. The molecule has 0 saturated heterocycles. The summed E-state index contributed by atoms with van der Waals surface area (Å²) in [4.78, 5) is 0. The first-order chi connectivity index (χ1) is 6.74. The third-order valence-electron chi connectivity index (χ3n) is 2.85. The predicted molar refractivity (Wildman–Crippen MR) is 55.7 cm³/mol. The number of benzene rings is 1. The van der Waals surface area contributed by atoms with E-state index in [0.717, 1.165) is 24.8 Å². The normalized spacial score (nSPS) is 14.9. The third kappa shape index (κ3) is 1.29. The van der Waals surface area contributed by atoms with Gasteiger partial charge in [0, 0.05) is 0 Å². The molecule has 0 spiro atoms. The quantitative estimate of drug-likeness (QED) is 0.528. The van der Waals surface area contributed by atoms with Gasteiger partial charge in [-0.2, -0.15) is 0 Å². The molecule has 0 aliphatic heterocycles. The van der Waals surface area contributed by atoms with Crippen molar-refractivity contribution in [3.05, 3.63) is 17.2 Å². The Kier molecular flexibility index (Phi) is 2.23. The largest absolute Gasteiger partial charge is 0.503 e. The lowest BCUT2D eigenvalue weighted by Gasteiger charge is -2.19. The van der Waals surface area contributed by atoms with Gasteiger partial charge in [0.25, 0.3) is 0 Å². The van der Waals surface area contributed by atoms with E-state index in [4.69, 9.17) is 10.5 Å². The lowest BCUT2D eigenvalue weighted by molar-refractivity contribution is 0.373. The van der Waals surface area contributed by atoms with Crippen LogP contribution in [0.3, 0.4) is 0 Å². The molecule has 1 aromatic rings. The molecule has 0 radical (unpaired) electrons. The van der Waals surface area contributed by atoms with Gasteiger partial charge in [-0.1, -0.05) is 0 Å². The number of phenolic OH excluding ortho intramolecular Hbond substituents is 1. The second-order valence-electron chi connectivity index (χ2n) is 3.69. The molecule has 1 aliphatic rings. The van der Waals surface area contributed by atoms with E-state index < -0.39 is 0 Å². The third-order valence-corrected chi connectivity index (χ3v) is 2.85. The van der Waals surface area contributed by atoms with Crippen LogP contribution in [0.25, 0.3) is 0 Å². The standard InChI is InChI=1S/C11H15NO2/c1-14-9-6-7-4-2-3-5-8(7)10(12)11(9)13/h6,13H,2-5,12H2,1H3. The number of nitrogen functional groups attached to an aromatic ring is 1. The second kappa shape index (κ2) is 3.40. The molecule has 14 heavy (non-hydrogen) atoms. The highest BCUT2D eigenvalue weighted by atomic mass is 16.5. The second-order valence-corrected chi connectivity index (χ2v) is 3.69. The van der Waals surface area contributed by atoms with Crippen molar-refractivity contribution in [2.45, 2.75) is 25.7 Å². The Balaban J connectivity index is 2.57. The number of methoxy groups -OCH3 is 1. The van der Waals surface area contributed by atoms with Crippen molar-refractivity contribution in [2.24, 2.45) is 0 Å².